The second-order valence-electron chi connectivity index (χ2n) is 5.96. The van der Waals surface area contributed by atoms with Crippen molar-refractivity contribution in [2.75, 3.05) is 19.3 Å². The summed E-state index contributed by atoms with van der Waals surface area (Å²) in [7, 11) is 4.12. The average molecular weight is 255 g/mol. The Labute approximate surface area is 111 Å². The third-order valence-electron chi connectivity index (χ3n) is 3.19. The number of nitrogens with zero attached hydrogens (tertiary/aromatic N) is 3. The molecule has 1 atom stereocenters. The summed E-state index contributed by atoms with van der Waals surface area (Å²) in [5, 5.41) is 4.19. The quantitative estimate of drug-likeness (QED) is 0.816. The summed E-state index contributed by atoms with van der Waals surface area (Å²) in [5.74, 6) is 1.54. The van der Waals surface area contributed by atoms with Gasteiger partial charge in [0.05, 0.1) is 6.20 Å². The van der Waals surface area contributed by atoms with Crippen LogP contribution in [0, 0.1) is 11.3 Å². The molecule has 0 N–H and O–H groups in total. The Morgan fingerprint density at radius 1 is 1.47 bits per heavy atom. The highest BCUT2D eigenvalue weighted by atomic mass is 32.1. The Bertz CT molecular complexity index is 341. The Morgan fingerprint density at radius 3 is 2.53 bits per heavy atom. The highest BCUT2D eigenvalue weighted by Gasteiger charge is 2.24. The molecule has 3 nitrogen and oxygen atoms in total. The van der Waals surface area contributed by atoms with E-state index in [0.29, 0.717) is 11.3 Å². The van der Waals surface area contributed by atoms with Crippen molar-refractivity contribution in [1.82, 2.24) is 14.7 Å². The smallest absolute Gasteiger partial charge is 0.0534 e. The molecule has 1 unspecified atom stereocenters. The van der Waals surface area contributed by atoms with Crippen molar-refractivity contribution >= 4 is 12.6 Å². The lowest BCUT2D eigenvalue weighted by atomic mass is 9.81. The first-order valence-electron chi connectivity index (χ1n) is 6.10. The molecule has 0 bridgehead atoms. The third kappa shape index (κ3) is 4.72. The van der Waals surface area contributed by atoms with Gasteiger partial charge in [0.2, 0.25) is 0 Å². The van der Waals surface area contributed by atoms with E-state index in [4.69, 9.17) is 0 Å². The fraction of sp³-hybridized carbons (Fsp3) is 0.769. The molecular weight excluding hydrogens is 230 g/mol. The van der Waals surface area contributed by atoms with Gasteiger partial charge in [-0.15, -0.1) is 0 Å². The van der Waals surface area contributed by atoms with Crippen molar-refractivity contribution in [1.29, 1.82) is 0 Å². The second-order valence-corrected chi connectivity index (χ2v) is 6.33. The van der Waals surface area contributed by atoms with Crippen molar-refractivity contribution in [3.05, 3.63) is 18.0 Å². The predicted molar refractivity (Wildman–Crippen MR) is 76.3 cm³/mol. The van der Waals surface area contributed by atoms with E-state index in [-0.39, 0.29) is 0 Å². The number of rotatable bonds is 5. The fourth-order valence-corrected chi connectivity index (χ4v) is 2.57. The molecule has 0 radical (unpaired) electrons. The summed E-state index contributed by atoms with van der Waals surface area (Å²) in [4.78, 5) is 2.35. The van der Waals surface area contributed by atoms with E-state index in [1.165, 1.54) is 5.56 Å². The highest BCUT2D eigenvalue weighted by molar-refractivity contribution is 7.80. The zero-order chi connectivity index (χ0) is 13.1. The van der Waals surface area contributed by atoms with Crippen LogP contribution in [0.15, 0.2) is 12.4 Å². The molecule has 98 valence electrons. The summed E-state index contributed by atoms with van der Waals surface area (Å²) < 4.78 is 1.85. The molecular formula is C13H25N3S. The van der Waals surface area contributed by atoms with Crippen LogP contribution in [0.2, 0.25) is 0 Å². The van der Waals surface area contributed by atoms with Crippen LogP contribution in [-0.4, -0.2) is 34.0 Å². The summed E-state index contributed by atoms with van der Waals surface area (Å²) in [5.41, 5.74) is 1.58. The molecule has 0 aromatic carbocycles. The first kappa shape index (κ1) is 14.6. The van der Waals surface area contributed by atoms with E-state index >= 15 is 0 Å². The lowest BCUT2D eigenvalue weighted by Crippen LogP contribution is -2.34. The predicted octanol–water partition coefficient (Wildman–Crippen LogP) is 2.44. The maximum absolute atomic E-state index is 4.47. The summed E-state index contributed by atoms with van der Waals surface area (Å²) in [6.07, 6.45) is 4.01. The van der Waals surface area contributed by atoms with Gasteiger partial charge in [0.25, 0.3) is 0 Å². The van der Waals surface area contributed by atoms with Crippen LogP contribution in [0.5, 0.6) is 0 Å². The molecule has 0 fully saturated rings. The Morgan fingerprint density at radius 2 is 2.12 bits per heavy atom. The van der Waals surface area contributed by atoms with Crippen LogP contribution in [0.25, 0.3) is 0 Å². The summed E-state index contributed by atoms with van der Waals surface area (Å²) >= 11 is 4.47. The van der Waals surface area contributed by atoms with E-state index < -0.39 is 0 Å². The number of hydrogen-bond acceptors (Lipinski definition) is 3. The number of aryl methyl sites for hydroxylation is 1. The normalized spacial score (nSPS) is 14.3. The minimum atomic E-state index is 0.310. The maximum Gasteiger partial charge on any atom is 0.0534 e. The Hall–Kier alpha value is -0.480. The molecule has 0 amide bonds. The lowest BCUT2D eigenvalue weighted by Gasteiger charge is -2.32. The van der Waals surface area contributed by atoms with E-state index in [2.05, 4.69) is 56.6 Å². The third-order valence-corrected chi connectivity index (χ3v) is 3.63. The molecule has 1 aromatic heterocycles. The van der Waals surface area contributed by atoms with Crippen LogP contribution in [-0.2, 0) is 13.6 Å². The first-order chi connectivity index (χ1) is 7.82. The van der Waals surface area contributed by atoms with Gasteiger partial charge in [-0.05, 0) is 24.1 Å². The number of thiol groups is 1. The van der Waals surface area contributed by atoms with Gasteiger partial charge in [-0.1, -0.05) is 20.8 Å². The standard InChI is InChI=1S/C13H25N3S/c1-13(2,3)12(10-17)9-15(4)7-11-6-14-16(5)8-11/h6,8,12,17H,7,9-10H2,1-5H3. The highest BCUT2D eigenvalue weighted by Crippen LogP contribution is 2.27. The van der Waals surface area contributed by atoms with Crippen LogP contribution in [0.3, 0.4) is 0 Å². The topological polar surface area (TPSA) is 21.1 Å². The van der Waals surface area contributed by atoms with E-state index in [1.54, 1.807) is 0 Å². The second kappa shape index (κ2) is 5.91. The van der Waals surface area contributed by atoms with Gasteiger partial charge in [-0.25, -0.2) is 0 Å². The van der Waals surface area contributed by atoms with E-state index in [9.17, 15) is 0 Å². The van der Waals surface area contributed by atoms with Gasteiger partial charge in [0.1, 0.15) is 0 Å². The Balaban J connectivity index is 2.51. The van der Waals surface area contributed by atoms with Crippen molar-refractivity contribution in [2.24, 2.45) is 18.4 Å². The van der Waals surface area contributed by atoms with Crippen molar-refractivity contribution in [2.45, 2.75) is 27.3 Å². The van der Waals surface area contributed by atoms with Crippen molar-refractivity contribution in [3.8, 4) is 0 Å². The number of hydrogen-bond donors (Lipinski definition) is 1. The van der Waals surface area contributed by atoms with Crippen LogP contribution < -0.4 is 0 Å². The Kier molecular flexibility index (Phi) is 5.07. The van der Waals surface area contributed by atoms with E-state index in [1.807, 2.05) is 17.9 Å². The van der Waals surface area contributed by atoms with Gasteiger partial charge in [0.15, 0.2) is 0 Å². The van der Waals surface area contributed by atoms with Crippen LogP contribution >= 0.6 is 12.6 Å². The van der Waals surface area contributed by atoms with Crippen molar-refractivity contribution in [3.63, 3.8) is 0 Å². The number of aromatic nitrogens is 2. The summed E-state index contributed by atoms with van der Waals surface area (Å²) in [6, 6.07) is 0. The fourth-order valence-electron chi connectivity index (χ4n) is 1.91. The van der Waals surface area contributed by atoms with Crippen LogP contribution in [0.1, 0.15) is 26.3 Å². The molecule has 0 aliphatic rings. The zero-order valence-electron chi connectivity index (χ0n) is 11.6. The molecule has 1 rings (SSSR count). The largest absolute Gasteiger partial charge is 0.302 e. The van der Waals surface area contributed by atoms with Crippen molar-refractivity contribution < 1.29 is 0 Å². The molecule has 17 heavy (non-hydrogen) atoms. The first-order valence-corrected chi connectivity index (χ1v) is 6.73. The minimum absolute atomic E-state index is 0.310. The van der Waals surface area contributed by atoms with E-state index in [0.717, 1.165) is 18.8 Å². The average Bonchev–Trinajstić information content (AvgIpc) is 2.58. The SMILES string of the molecule is CN(Cc1cnn(C)c1)CC(CS)C(C)(C)C. The monoisotopic (exact) mass is 255 g/mol. The van der Waals surface area contributed by atoms with Gasteiger partial charge in [-0.2, -0.15) is 17.7 Å². The molecule has 1 aromatic rings. The minimum Gasteiger partial charge on any atom is -0.302 e. The van der Waals surface area contributed by atoms with Gasteiger partial charge in [-0.3, -0.25) is 4.68 Å². The lowest BCUT2D eigenvalue weighted by molar-refractivity contribution is 0.183. The van der Waals surface area contributed by atoms with Gasteiger partial charge in [0, 0.05) is 31.9 Å². The molecule has 0 saturated heterocycles. The van der Waals surface area contributed by atoms with Gasteiger partial charge >= 0.3 is 0 Å². The molecule has 0 spiro atoms. The molecule has 0 saturated carbocycles. The maximum atomic E-state index is 4.47. The molecule has 0 aliphatic heterocycles. The summed E-state index contributed by atoms with van der Waals surface area (Å²) in [6.45, 7) is 8.87. The zero-order valence-corrected chi connectivity index (χ0v) is 12.5. The van der Waals surface area contributed by atoms with Crippen LogP contribution in [0.4, 0.5) is 0 Å². The molecule has 1 heterocycles. The molecule has 0 aliphatic carbocycles. The molecule has 4 heteroatoms. The van der Waals surface area contributed by atoms with Gasteiger partial charge < -0.3 is 4.90 Å².